The molecule has 0 aromatic rings. The topological polar surface area (TPSA) is 47.9 Å². The molecule has 122 valence electrons. The first-order valence-electron chi connectivity index (χ1n) is 7.69. The van der Waals surface area contributed by atoms with Crippen LogP contribution < -0.4 is 0 Å². The van der Waals surface area contributed by atoms with E-state index >= 15 is 0 Å². The summed E-state index contributed by atoms with van der Waals surface area (Å²) in [5.41, 5.74) is 0. The number of hydrogen-bond acceptors (Lipinski definition) is 4. The van der Waals surface area contributed by atoms with Crippen molar-refractivity contribution < 1.29 is 18.7 Å². The predicted octanol–water partition coefficient (Wildman–Crippen LogP) is 2.70. The van der Waals surface area contributed by atoms with Gasteiger partial charge in [-0.2, -0.15) is 0 Å². The normalized spacial score (nSPS) is 15.4. The van der Waals surface area contributed by atoms with Crippen molar-refractivity contribution in [2.45, 2.75) is 77.3 Å². The van der Waals surface area contributed by atoms with Crippen LogP contribution in [0.1, 0.15) is 19.8 Å². The Balaban J connectivity index is 4.04. The molecule has 0 bridgehead atoms. The zero-order valence-corrected chi connectivity index (χ0v) is 17.8. The van der Waals surface area contributed by atoms with E-state index in [0.29, 0.717) is 13.0 Å². The van der Waals surface area contributed by atoms with E-state index in [9.17, 15) is 5.11 Å². The molecule has 0 aromatic carbocycles. The van der Waals surface area contributed by atoms with Gasteiger partial charge >= 0.3 is 0 Å². The van der Waals surface area contributed by atoms with E-state index in [4.69, 9.17) is 13.6 Å². The lowest BCUT2D eigenvalue weighted by atomic mass is 10.4. The van der Waals surface area contributed by atoms with Crippen LogP contribution in [0.25, 0.3) is 0 Å². The highest BCUT2D eigenvalue weighted by atomic mass is 28.4. The van der Waals surface area contributed by atoms with Crippen LogP contribution in [-0.2, 0) is 13.6 Å². The summed E-state index contributed by atoms with van der Waals surface area (Å²) in [5.74, 6) is 0.0597. The second-order valence-electron chi connectivity index (χ2n) is 7.12. The van der Waals surface area contributed by atoms with Gasteiger partial charge in [0.05, 0.1) is 9.52 Å². The van der Waals surface area contributed by atoms with Crippen LogP contribution in [0.4, 0.5) is 0 Å². The van der Waals surface area contributed by atoms with Crippen LogP contribution >= 0.6 is 0 Å². The first-order valence-corrected chi connectivity index (χ1v) is 16.3. The van der Waals surface area contributed by atoms with E-state index in [1.807, 2.05) is 6.92 Å². The average molecular weight is 339 g/mol. The molecule has 1 N–H and O–H groups in total. The van der Waals surface area contributed by atoms with Crippen molar-refractivity contribution in [3.05, 3.63) is 0 Å². The van der Waals surface area contributed by atoms with Gasteiger partial charge in [0.25, 0.3) is 0 Å². The minimum atomic E-state index is -1.55. The van der Waals surface area contributed by atoms with Crippen molar-refractivity contribution in [3.8, 4) is 0 Å². The molecule has 0 aliphatic heterocycles. The maximum absolute atomic E-state index is 9.32. The average Bonchev–Trinajstić information content (AvgIpc) is 2.23. The summed E-state index contributed by atoms with van der Waals surface area (Å²) in [6.07, 6.45) is 1.03. The Kier molecular flexibility index (Phi) is 9.73. The molecule has 0 radical (unpaired) electrons. The smallest absolute Gasteiger partial charge is 0.186 e. The van der Waals surface area contributed by atoms with E-state index in [2.05, 4.69) is 39.3 Å². The first-order chi connectivity index (χ1) is 9.03. The minimum Gasteiger partial charge on any atom is -0.398 e. The Bertz CT molecular complexity index is 235. The Morgan fingerprint density at radius 2 is 1.50 bits per heavy atom. The fourth-order valence-corrected chi connectivity index (χ4v) is 8.22. The van der Waals surface area contributed by atoms with E-state index in [1.165, 1.54) is 0 Å². The van der Waals surface area contributed by atoms with Crippen molar-refractivity contribution >= 4 is 26.2 Å². The van der Waals surface area contributed by atoms with Gasteiger partial charge in [0, 0.05) is 6.61 Å². The molecule has 0 fully saturated rings. The second-order valence-corrected chi connectivity index (χ2v) is 18.0. The van der Waals surface area contributed by atoms with Crippen molar-refractivity contribution in [3.63, 3.8) is 0 Å². The van der Waals surface area contributed by atoms with Gasteiger partial charge in [-0.05, 0) is 52.1 Å². The molecule has 0 aliphatic rings. The van der Waals surface area contributed by atoms with Gasteiger partial charge in [-0.15, -0.1) is 0 Å². The summed E-state index contributed by atoms with van der Waals surface area (Å²) >= 11 is 0. The third kappa shape index (κ3) is 13.5. The molecule has 7 heteroatoms. The van der Waals surface area contributed by atoms with Gasteiger partial charge in [-0.25, -0.2) is 0 Å². The monoisotopic (exact) mass is 338 g/mol. The first kappa shape index (κ1) is 20.5. The third-order valence-corrected chi connectivity index (χ3v) is 6.78. The Hall–Kier alpha value is 0.491. The molecule has 1 atom stereocenters. The van der Waals surface area contributed by atoms with Crippen LogP contribution in [0, 0.1) is 0 Å². The van der Waals surface area contributed by atoms with Crippen LogP contribution in [0.15, 0.2) is 0 Å². The van der Waals surface area contributed by atoms with Gasteiger partial charge in [0.15, 0.2) is 22.9 Å². The summed E-state index contributed by atoms with van der Waals surface area (Å²) < 4.78 is 17.7. The van der Waals surface area contributed by atoms with Gasteiger partial charge in [0.1, 0.15) is 5.91 Å². The summed E-state index contributed by atoms with van der Waals surface area (Å²) in [6, 6.07) is 1.13. The molecule has 0 saturated carbocycles. The zero-order valence-electron chi connectivity index (χ0n) is 14.4. The number of aliphatic hydroxyl groups is 1. The molecule has 0 heterocycles. The van der Waals surface area contributed by atoms with Crippen LogP contribution in [0.3, 0.4) is 0 Å². The minimum absolute atomic E-state index is 0.0597. The van der Waals surface area contributed by atoms with E-state index in [1.54, 1.807) is 0 Å². The summed E-state index contributed by atoms with van der Waals surface area (Å²) in [4.78, 5) is 0. The molecular formula is C13H34O4Si3. The molecular weight excluding hydrogens is 304 g/mol. The fourth-order valence-electron chi connectivity index (χ4n) is 1.68. The van der Waals surface area contributed by atoms with E-state index in [-0.39, 0.29) is 5.91 Å². The van der Waals surface area contributed by atoms with Gasteiger partial charge < -0.3 is 18.7 Å². The Morgan fingerprint density at radius 1 is 1.00 bits per heavy atom. The highest BCUT2D eigenvalue weighted by Crippen LogP contribution is 2.14. The zero-order chi connectivity index (χ0) is 15.8. The lowest BCUT2D eigenvalue weighted by Crippen LogP contribution is -2.43. The van der Waals surface area contributed by atoms with Gasteiger partial charge in [-0.3, -0.25) is 0 Å². The van der Waals surface area contributed by atoms with Crippen LogP contribution in [0.5, 0.6) is 0 Å². The molecule has 0 rings (SSSR count). The van der Waals surface area contributed by atoms with Crippen LogP contribution in [0.2, 0.25) is 45.3 Å². The predicted molar refractivity (Wildman–Crippen MR) is 92.9 cm³/mol. The highest BCUT2D eigenvalue weighted by molar-refractivity contribution is 6.71. The number of aliphatic hydroxyl groups excluding tert-OH is 1. The third-order valence-electron chi connectivity index (χ3n) is 2.46. The molecule has 4 nitrogen and oxygen atoms in total. The quantitative estimate of drug-likeness (QED) is 0.357. The van der Waals surface area contributed by atoms with E-state index < -0.39 is 32.4 Å². The fraction of sp³-hybridized carbons (Fsp3) is 1.00. The molecule has 0 saturated heterocycles. The SMILES string of the molecule is CCC(O)OCCC[SiH2]C(O[Si](C)(C)C)O[Si](C)(C)C. The lowest BCUT2D eigenvalue weighted by molar-refractivity contribution is -0.0997. The van der Waals surface area contributed by atoms with Crippen molar-refractivity contribution in [2.24, 2.45) is 0 Å². The molecule has 0 aromatic heterocycles. The van der Waals surface area contributed by atoms with Crippen molar-refractivity contribution in [2.75, 3.05) is 6.61 Å². The molecule has 1 unspecified atom stereocenters. The highest BCUT2D eigenvalue weighted by Gasteiger charge is 2.26. The van der Waals surface area contributed by atoms with Crippen molar-refractivity contribution in [1.29, 1.82) is 0 Å². The summed E-state index contributed by atoms with van der Waals surface area (Å²) in [6.45, 7) is 15.8. The second kappa shape index (κ2) is 9.50. The van der Waals surface area contributed by atoms with Crippen LogP contribution in [-0.4, -0.2) is 50.1 Å². The number of ether oxygens (including phenoxy) is 1. The Morgan fingerprint density at radius 3 is 1.90 bits per heavy atom. The Labute approximate surface area is 129 Å². The molecule has 20 heavy (non-hydrogen) atoms. The summed E-state index contributed by atoms with van der Waals surface area (Å²) in [7, 11) is -3.53. The van der Waals surface area contributed by atoms with Gasteiger partial charge in [0.2, 0.25) is 0 Å². The molecule has 0 spiro atoms. The van der Waals surface area contributed by atoms with Gasteiger partial charge in [-0.1, -0.05) is 13.0 Å². The maximum Gasteiger partial charge on any atom is 0.186 e. The standard InChI is InChI=1S/C13H34O4Si3/c1-8-12(14)15-10-9-11-18-13(16-19(2,3)4)17-20(5,6)7/h12-14H,8-11,18H2,1-7H3. The largest absolute Gasteiger partial charge is 0.398 e. The number of rotatable bonds is 11. The maximum atomic E-state index is 9.32. The summed E-state index contributed by atoms with van der Waals surface area (Å²) in [5, 5.41) is 9.32. The van der Waals surface area contributed by atoms with E-state index in [0.717, 1.165) is 12.5 Å². The molecule has 0 amide bonds. The number of hydrogen-bond donors (Lipinski definition) is 1. The molecule has 0 aliphatic carbocycles. The van der Waals surface area contributed by atoms with Crippen molar-refractivity contribution in [1.82, 2.24) is 0 Å². The lowest BCUT2D eigenvalue weighted by Gasteiger charge is -2.31.